The predicted molar refractivity (Wildman–Crippen MR) is 40.8 cm³/mol. The predicted octanol–water partition coefficient (Wildman–Crippen LogP) is 0.365. The molecule has 0 atom stereocenters. The zero-order chi connectivity index (χ0) is 8.53. The summed E-state index contributed by atoms with van der Waals surface area (Å²) < 4.78 is 9.15. The van der Waals surface area contributed by atoms with Gasteiger partial charge in [-0.25, -0.2) is 4.79 Å². The first-order valence-electron chi connectivity index (χ1n) is 3.06. The third-order valence-corrected chi connectivity index (χ3v) is 0.739. The van der Waals surface area contributed by atoms with E-state index in [1.165, 1.54) is 13.2 Å². The van der Waals surface area contributed by atoms with Gasteiger partial charge in [0, 0.05) is 13.0 Å². The molecule has 0 aromatic heterocycles. The molecule has 0 saturated carbocycles. The second kappa shape index (κ2) is 6.84. The van der Waals surface area contributed by atoms with E-state index in [9.17, 15) is 4.79 Å². The van der Waals surface area contributed by atoms with E-state index in [4.69, 9.17) is 0 Å². The van der Waals surface area contributed by atoms with Crippen LogP contribution in [0.1, 0.15) is 0 Å². The molecule has 0 radical (unpaired) electrons. The van der Waals surface area contributed by atoms with Crippen LogP contribution in [0.3, 0.4) is 0 Å². The zero-order valence-corrected chi connectivity index (χ0v) is 6.42. The van der Waals surface area contributed by atoms with Gasteiger partial charge in [-0.05, 0) is 0 Å². The number of carbonyl (C=O) groups excluding carboxylic acids is 1. The summed E-state index contributed by atoms with van der Waals surface area (Å²) in [6, 6.07) is 0. The van der Waals surface area contributed by atoms with Crippen LogP contribution in [-0.4, -0.2) is 26.3 Å². The monoisotopic (exact) mass is 154 g/mol. The summed E-state index contributed by atoms with van der Waals surface area (Å²) in [5.74, 6) is 4.14. The van der Waals surface area contributed by atoms with Gasteiger partial charge in [-0.1, -0.05) is 18.6 Å². The van der Waals surface area contributed by atoms with Gasteiger partial charge in [0.2, 0.25) is 0 Å². The van der Waals surface area contributed by atoms with Gasteiger partial charge in [-0.15, -0.1) is 0 Å². The molecule has 0 unspecified atom stereocenters. The normalized spacial score (nSPS) is 7.73. The number of carbonyl (C=O) groups is 1. The van der Waals surface area contributed by atoms with E-state index >= 15 is 0 Å². The molecule has 0 aromatic rings. The zero-order valence-electron chi connectivity index (χ0n) is 6.42. The third-order valence-electron chi connectivity index (χ3n) is 0.739. The number of hydrogen-bond donors (Lipinski definition) is 0. The Morgan fingerprint density at radius 3 is 3.00 bits per heavy atom. The third kappa shape index (κ3) is 6.62. The molecule has 0 N–H and O–H groups in total. The van der Waals surface area contributed by atoms with Crippen LogP contribution in [0.5, 0.6) is 0 Å². The average Bonchev–Trinajstić information content (AvgIpc) is 2.01. The second-order valence-electron chi connectivity index (χ2n) is 1.62. The van der Waals surface area contributed by atoms with Crippen molar-refractivity contribution in [1.29, 1.82) is 0 Å². The quantitative estimate of drug-likeness (QED) is 0.255. The lowest BCUT2D eigenvalue weighted by Crippen LogP contribution is -2.00. The van der Waals surface area contributed by atoms with Crippen molar-refractivity contribution >= 4 is 5.97 Å². The highest BCUT2D eigenvalue weighted by Gasteiger charge is 1.91. The van der Waals surface area contributed by atoms with Crippen LogP contribution in [0.25, 0.3) is 0 Å². The molecular formula is C8H10O3. The van der Waals surface area contributed by atoms with Gasteiger partial charge in [-0.3, -0.25) is 0 Å². The molecule has 0 saturated heterocycles. The Balaban J connectivity index is 3.52. The maximum absolute atomic E-state index is 10.6. The summed E-state index contributed by atoms with van der Waals surface area (Å²) in [4.78, 5) is 10.6. The van der Waals surface area contributed by atoms with Crippen LogP contribution in [0.15, 0.2) is 12.7 Å². The van der Waals surface area contributed by atoms with Gasteiger partial charge < -0.3 is 9.47 Å². The first-order valence-corrected chi connectivity index (χ1v) is 3.06. The molecule has 0 aromatic carbocycles. The Morgan fingerprint density at radius 1 is 1.73 bits per heavy atom. The standard InChI is InChI=1S/C8H10O3/c1-3-6-11-8(9)5-4-7-10-2/h3H,1,6-7H2,2H3. The van der Waals surface area contributed by atoms with Crippen molar-refractivity contribution in [2.45, 2.75) is 0 Å². The largest absolute Gasteiger partial charge is 0.452 e. The Kier molecular flexibility index (Phi) is 6.05. The molecule has 0 aliphatic rings. The summed E-state index contributed by atoms with van der Waals surface area (Å²) >= 11 is 0. The number of ether oxygens (including phenoxy) is 2. The van der Waals surface area contributed by atoms with Crippen LogP contribution >= 0.6 is 0 Å². The van der Waals surface area contributed by atoms with E-state index < -0.39 is 5.97 Å². The Hall–Kier alpha value is -1.27. The fraction of sp³-hybridized carbons (Fsp3) is 0.375. The highest BCUT2D eigenvalue weighted by molar-refractivity contribution is 5.88. The summed E-state index contributed by atoms with van der Waals surface area (Å²) in [6.07, 6.45) is 1.48. The molecule has 0 aliphatic heterocycles. The average molecular weight is 154 g/mol. The molecule has 0 heterocycles. The first-order chi connectivity index (χ1) is 5.31. The summed E-state index contributed by atoms with van der Waals surface area (Å²) in [5, 5.41) is 0. The van der Waals surface area contributed by atoms with Crippen molar-refractivity contribution in [2.75, 3.05) is 20.3 Å². The first kappa shape index (κ1) is 9.73. The maximum Gasteiger partial charge on any atom is 0.384 e. The molecule has 0 rings (SSSR count). The van der Waals surface area contributed by atoms with Gasteiger partial charge in [0.15, 0.2) is 0 Å². The SMILES string of the molecule is C=CCOC(=O)C#CCOC. The van der Waals surface area contributed by atoms with E-state index in [1.807, 2.05) is 0 Å². The van der Waals surface area contributed by atoms with E-state index in [-0.39, 0.29) is 13.2 Å². The molecule has 0 aliphatic carbocycles. The Bertz CT molecular complexity index is 185. The number of esters is 1. The summed E-state index contributed by atoms with van der Waals surface area (Å²) in [7, 11) is 1.50. The molecule has 11 heavy (non-hydrogen) atoms. The van der Waals surface area contributed by atoms with E-state index in [0.717, 1.165) is 0 Å². The minimum Gasteiger partial charge on any atom is -0.452 e. The molecular weight excluding hydrogens is 144 g/mol. The Morgan fingerprint density at radius 2 is 2.45 bits per heavy atom. The lowest BCUT2D eigenvalue weighted by Gasteiger charge is -1.91. The van der Waals surface area contributed by atoms with Crippen molar-refractivity contribution in [3.05, 3.63) is 12.7 Å². The lowest BCUT2D eigenvalue weighted by molar-refractivity contribution is -0.135. The molecule has 0 bridgehead atoms. The molecule has 0 fully saturated rings. The fourth-order valence-electron chi connectivity index (χ4n) is 0.351. The van der Waals surface area contributed by atoms with Crippen LogP contribution in [-0.2, 0) is 14.3 Å². The van der Waals surface area contributed by atoms with Crippen molar-refractivity contribution < 1.29 is 14.3 Å². The number of hydrogen-bond acceptors (Lipinski definition) is 3. The van der Waals surface area contributed by atoms with E-state index in [1.54, 1.807) is 0 Å². The van der Waals surface area contributed by atoms with Crippen LogP contribution in [0, 0.1) is 11.8 Å². The van der Waals surface area contributed by atoms with Crippen molar-refractivity contribution in [1.82, 2.24) is 0 Å². The highest BCUT2D eigenvalue weighted by Crippen LogP contribution is 1.75. The lowest BCUT2D eigenvalue weighted by atomic mass is 10.6. The van der Waals surface area contributed by atoms with Crippen LogP contribution < -0.4 is 0 Å². The number of methoxy groups -OCH3 is 1. The number of rotatable bonds is 3. The fourth-order valence-corrected chi connectivity index (χ4v) is 0.351. The minimum absolute atomic E-state index is 0.195. The molecule has 0 amide bonds. The van der Waals surface area contributed by atoms with Gasteiger partial charge in [0.05, 0.1) is 0 Å². The minimum atomic E-state index is -0.554. The molecule has 0 spiro atoms. The van der Waals surface area contributed by atoms with Gasteiger partial charge in [0.25, 0.3) is 0 Å². The second-order valence-corrected chi connectivity index (χ2v) is 1.62. The molecule has 3 heteroatoms. The van der Waals surface area contributed by atoms with Gasteiger partial charge in [-0.2, -0.15) is 0 Å². The van der Waals surface area contributed by atoms with Gasteiger partial charge >= 0.3 is 5.97 Å². The molecule has 3 nitrogen and oxygen atoms in total. The van der Waals surface area contributed by atoms with Crippen molar-refractivity contribution in [3.63, 3.8) is 0 Å². The van der Waals surface area contributed by atoms with Crippen LogP contribution in [0.4, 0.5) is 0 Å². The Labute approximate surface area is 66.0 Å². The van der Waals surface area contributed by atoms with Crippen molar-refractivity contribution in [3.8, 4) is 11.8 Å². The van der Waals surface area contributed by atoms with Crippen molar-refractivity contribution in [2.24, 2.45) is 0 Å². The topological polar surface area (TPSA) is 35.5 Å². The summed E-state index contributed by atoms with van der Waals surface area (Å²) in [6.45, 7) is 3.81. The highest BCUT2D eigenvalue weighted by atomic mass is 16.5. The van der Waals surface area contributed by atoms with Crippen LogP contribution in [0.2, 0.25) is 0 Å². The van der Waals surface area contributed by atoms with E-state index in [0.29, 0.717) is 0 Å². The summed E-state index contributed by atoms with van der Waals surface area (Å²) in [5.41, 5.74) is 0. The van der Waals surface area contributed by atoms with Gasteiger partial charge in [0.1, 0.15) is 13.2 Å². The molecule has 60 valence electrons. The van der Waals surface area contributed by atoms with E-state index in [2.05, 4.69) is 27.9 Å². The smallest absolute Gasteiger partial charge is 0.384 e. The maximum atomic E-state index is 10.6.